The molecule has 0 aromatic rings. The molecule has 0 aromatic heterocycles. The van der Waals surface area contributed by atoms with Gasteiger partial charge in [-0.2, -0.15) is 13.2 Å². The van der Waals surface area contributed by atoms with Gasteiger partial charge in [-0.1, -0.05) is 31.2 Å². The zero-order chi connectivity index (χ0) is 14.5. The van der Waals surface area contributed by atoms with Gasteiger partial charge < -0.3 is 0 Å². The van der Waals surface area contributed by atoms with Crippen molar-refractivity contribution in [1.29, 1.82) is 0 Å². The second kappa shape index (κ2) is 7.18. The smallest absolute Gasteiger partial charge is 0.166 e. The zero-order valence-corrected chi connectivity index (χ0v) is 11.7. The first-order valence-corrected chi connectivity index (χ1v) is 6.99. The fraction of sp³-hybridized carbons (Fsp3) is 0.600. The molecule has 0 spiro atoms. The van der Waals surface area contributed by atoms with Gasteiger partial charge >= 0.3 is 6.18 Å². The minimum Gasteiger partial charge on any atom is -0.166 e. The fourth-order valence-corrected chi connectivity index (χ4v) is 2.82. The largest absolute Gasteiger partial charge is 0.416 e. The van der Waals surface area contributed by atoms with Crippen LogP contribution in [-0.4, -0.2) is 11.6 Å². The quantitative estimate of drug-likeness (QED) is 0.429. The van der Waals surface area contributed by atoms with E-state index in [2.05, 4.69) is 13.2 Å². The molecule has 4 heteroatoms. The molecule has 108 valence electrons. The lowest BCUT2D eigenvalue weighted by molar-refractivity contribution is -0.0882. The van der Waals surface area contributed by atoms with Crippen molar-refractivity contribution in [3.63, 3.8) is 0 Å². The summed E-state index contributed by atoms with van der Waals surface area (Å²) in [5.74, 6) is 0.626. The van der Waals surface area contributed by atoms with Gasteiger partial charge in [0.15, 0.2) is 0 Å². The van der Waals surface area contributed by atoms with Gasteiger partial charge in [0.1, 0.15) is 0 Å². The summed E-state index contributed by atoms with van der Waals surface area (Å²) in [5.41, 5.74) is -0.216. The van der Waals surface area contributed by atoms with Crippen LogP contribution in [-0.2, 0) is 0 Å². The lowest BCUT2D eigenvalue weighted by Crippen LogP contribution is -2.09. The summed E-state index contributed by atoms with van der Waals surface area (Å²) >= 11 is 6.02. The molecule has 19 heavy (non-hydrogen) atoms. The molecule has 0 amide bonds. The Morgan fingerprint density at radius 1 is 1.32 bits per heavy atom. The number of allylic oxidation sites excluding steroid dienone is 4. The van der Waals surface area contributed by atoms with Gasteiger partial charge in [0.25, 0.3) is 0 Å². The van der Waals surface area contributed by atoms with Crippen LogP contribution in [0.25, 0.3) is 0 Å². The molecular weight excluding hydrogens is 273 g/mol. The maximum atomic E-state index is 12.5. The molecule has 0 nitrogen and oxygen atoms in total. The van der Waals surface area contributed by atoms with E-state index in [1.165, 1.54) is 0 Å². The minimum atomic E-state index is -4.35. The Balaban J connectivity index is 2.35. The van der Waals surface area contributed by atoms with Crippen LogP contribution < -0.4 is 0 Å². The highest BCUT2D eigenvalue weighted by Crippen LogP contribution is 2.33. The summed E-state index contributed by atoms with van der Waals surface area (Å²) in [4.78, 5) is 0. The van der Waals surface area contributed by atoms with Crippen molar-refractivity contribution in [2.24, 2.45) is 5.92 Å². The molecule has 0 radical (unpaired) electrons. The molecule has 0 N–H and O–H groups in total. The van der Waals surface area contributed by atoms with E-state index < -0.39 is 11.7 Å². The monoisotopic (exact) mass is 292 g/mol. The van der Waals surface area contributed by atoms with Crippen LogP contribution in [0.2, 0.25) is 0 Å². The van der Waals surface area contributed by atoms with E-state index in [9.17, 15) is 13.2 Å². The lowest BCUT2D eigenvalue weighted by Gasteiger charge is -2.10. The van der Waals surface area contributed by atoms with E-state index in [0.29, 0.717) is 17.9 Å². The third-order valence-electron chi connectivity index (χ3n) is 3.49. The molecule has 1 saturated carbocycles. The average Bonchev–Trinajstić information content (AvgIpc) is 2.70. The summed E-state index contributed by atoms with van der Waals surface area (Å²) in [5, 5.41) is 0.283. The molecule has 2 atom stereocenters. The normalized spacial score (nSPS) is 24.5. The van der Waals surface area contributed by atoms with Gasteiger partial charge in [0, 0.05) is 5.38 Å². The zero-order valence-electron chi connectivity index (χ0n) is 11.0. The molecule has 0 bridgehead atoms. The number of alkyl halides is 4. The number of hydrogen-bond acceptors (Lipinski definition) is 0. The van der Waals surface area contributed by atoms with Crippen LogP contribution in [0.4, 0.5) is 13.2 Å². The predicted octanol–water partition coefficient (Wildman–Crippen LogP) is 5.80. The fourth-order valence-electron chi connectivity index (χ4n) is 2.44. The van der Waals surface area contributed by atoms with Crippen molar-refractivity contribution < 1.29 is 13.2 Å². The van der Waals surface area contributed by atoms with Crippen LogP contribution in [0.15, 0.2) is 36.5 Å². The summed E-state index contributed by atoms with van der Waals surface area (Å²) in [6.45, 7) is 6.87. The Morgan fingerprint density at radius 3 is 2.47 bits per heavy atom. The van der Waals surface area contributed by atoms with Gasteiger partial charge in [-0.15, -0.1) is 11.6 Å². The third-order valence-corrected chi connectivity index (χ3v) is 3.89. The molecule has 1 fully saturated rings. The molecule has 1 aliphatic carbocycles. The first-order chi connectivity index (χ1) is 8.82. The first kappa shape index (κ1) is 16.4. The van der Waals surface area contributed by atoms with E-state index >= 15 is 0 Å². The summed E-state index contributed by atoms with van der Waals surface area (Å²) < 4.78 is 37.5. The Kier molecular flexibility index (Phi) is 6.18. The van der Waals surface area contributed by atoms with Crippen LogP contribution >= 0.6 is 11.6 Å². The maximum Gasteiger partial charge on any atom is 0.416 e. The second-order valence-electron chi connectivity index (χ2n) is 5.13. The molecule has 1 rings (SSSR count). The van der Waals surface area contributed by atoms with Gasteiger partial charge in [0.2, 0.25) is 0 Å². The Hall–Kier alpha value is -0.700. The van der Waals surface area contributed by atoms with Crippen molar-refractivity contribution in [2.75, 3.05) is 0 Å². The van der Waals surface area contributed by atoms with E-state index in [0.717, 1.165) is 44.3 Å². The maximum absolute atomic E-state index is 12.5. The summed E-state index contributed by atoms with van der Waals surface area (Å²) in [6, 6.07) is 0. The lowest BCUT2D eigenvalue weighted by atomic mass is 9.98. The van der Waals surface area contributed by atoms with E-state index in [4.69, 9.17) is 11.6 Å². The van der Waals surface area contributed by atoms with Crippen LogP contribution in [0.1, 0.15) is 38.5 Å². The molecular formula is C15H20ClF3. The highest BCUT2D eigenvalue weighted by atomic mass is 35.5. The first-order valence-electron chi connectivity index (χ1n) is 6.56. The van der Waals surface area contributed by atoms with Gasteiger partial charge in [-0.3, -0.25) is 0 Å². The van der Waals surface area contributed by atoms with E-state index in [1.54, 1.807) is 0 Å². The van der Waals surface area contributed by atoms with Gasteiger partial charge in [-0.05, 0) is 44.1 Å². The van der Waals surface area contributed by atoms with E-state index in [1.807, 2.05) is 0 Å². The van der Waals surface area contributed by atoms with Crippen molar-refractivity contribution in [1.82, 2.24) is 0 Å². The SMILES string of the molecule is C=C/C(=C\C(=C)CCCC1CCC(Cl)C1)C(F)(F)F. The van der Waals surface area contributed by atoms with Crippen LogP contribution in [0.3, 0.4) is 0 Å². The standard InChI is InChI=1S/C15H20ClF3/c1-3-13(15(17,18)19)9-11(2)5-4-6-12-7-8-14(16)10-12/h3,9,12,14H,1-2,4-8,10H2/b13-9+. The topological polar surface area (TPSA) is 0 Å². The molecule has 0 heterocycles. The predicted molar refractivity (Wildman–Crippen MR) is 74.3 cm³/mol. The van der Waals surface area contributed by atoms with Crippen molar-refractivity contribution in [3.8, 4) is 0 Å². The molecule has 2 unspecified atom stereocenters. The van der Waals surface area contributed by atoms with Gasteiger partial charge in [0.05, 0.1) is 5.57 Å². The van der Waals surface area contributed by atoms with Crippen molar-refractivity contribution >= 4 is 11.6 Å². The van der Waals surface area contributed by atoms with Crippen molar-refractivity contribution in [3.05, 3.63) is 36.5 Å². The summed E-state index contributed by atoms with van der Waals surface area (Å²) in [6.07, 6.45) is 3.28. The number of halogens is 4. The van der Waals surface area contributed by atoms with Crippen LogP contribution in [0.5, 0.6) is 0 Å². The highest BCUT2D eigenvalue weighted by Gasteiger charge is 2.31. The third kappa shape index (κ3) is 5.85. The molecule has 0 saturated heterocycles. The molecule has 0 aliphatic heterocycles. The molecule has 1 aliphatic rings. The minimum absolute atomic E-state index is 0.283. The van der Waals surface area contributed by atoms with E-state index in [-0.39, 0.29) is 5.38 Å². The Labute approximate surface area is 118 Å². The Morgan fingerprint density at radius 2 is 2.00 bits per heavy atom. The number of hydrogen-bond donors (Lipinski definition) is 0. The molecule has 0 aromatic carbocycles. The van der Waals surface area contributed by atoms with Crippen molar-refractivity contribution in [2.45, 2.75) is 50.1 Å². The van der Waals surface area contributed by atoms with Crippen LogP contribution in [0, 0.1) is 5.92 Å². The Bertz CT molecular complexity index is 355. The van der Waals surface area contributed by atoms with Gasteiger partial charge in [-0.25, -0.2) is 0 Å². The average molecular weight is 293 g/mol. The highest BCUT2D eigenvalue weighted by molar-refractivity contribution is 6.20. The summed E-state index contributed by atoms with van der Waals surface area (Å²) in [7, 11) is 0. The number of rotatable bonds is 6. The second-order valence-corrected chi connectivity index (χ2v) is 5.75.